The molecule has 1 fully saturated rings. The van der Waals surface area contributed by atoms with Crippen LogP contribution in [-0.4, -0.2) is 49.1 Å². The number of nitrogens with one attached hydrogen (secondary N) is 2. The largest absolute Gasteiger partial charge is 0.447 e. The van der Waals surface area contributed by atoms with Crippen molar-refractivity contribution in [2.75, 3.05) is 27.1 Å². The number of hydrogen-bond donors (Lipinski definition) is 2. The molecular weight excluding hydrogens is 266 g/mol. The van der Waals surface area contributed by atoms with Gasteiger partial charge in [0.05, 0.1) is 7.39 Å². The zero-order valence-electron chi connectivity index (χ0n) is 23.9. The molecule has 1 aliphatic rings. The molecule has 0 unspecified atom stereocenters. The van der Waals surface area contributed by atoms with Crippen molar-refractivity contribution in [3.63, 3.8) is 0 Å². The van der Waals surface area contributed by atoms with E-state index in [2.05, 4.69) is 4.74 Å². The van der Waals surface area contributed by atoms with Crippen LogP contribution in [0.3, 0.4) is 0 Å². The molecule has 0 bridgehead atoms. The van der Waals surface area contributed by atoms with E-state index in [1.54, 1.807) is 0 Å². The number of H-pyrrole nitrogens is 1. The highest BCUT2D eigenvalue weighted by atomic mass is 16.6. The van der Waals surface area contributed by atoms with Crippen LogP contribution in [0.2, 0.25) is 2.82 Å². The van der Waals surface area contributed by atoms with Crippen LogP contribution in [-0.2, 0) is 17.5 Å². The van der Waals surface area contributed by atoms with Crippen LogP contribution in [0.25, 0.3) is 10.9 Å². The van der Waals surface area contributed by atoms with Crippen LogP contribution in [0.15, 0.2) is 24.4 Å². The number of ether oxygens (including phenoxy) is 1. The molecule has 21 heavy (non-hydrogen) atoms. The zero-order chi connectivity index (χ0) is 26.1. The number of rotatable bonds is 5. The highest BCUT2D eigenvalue weighted by Crippen LogP contribution is 2.21. The summed E-state index contributed by atoms with van der Waals surface area (Å²) in [5, 5.41) is 0.0418. The number of cyclic esters (lactones) is 1. The first-order valence-corrected chi connectivity index (χ1v) is 6.12. The molecule has 112 valence electrons. The van der Waals surface area contributed by atoms with Crippen LogP contribution in [0.5, 0.6) is 0 Å². The molecule has 5 heteroatoms. The molecule has 0 spiro atoms. The number of carbonyl (C=O) groups excluding carboxylic acids is 1. The molecule has 1 aromatic carbocycles. The number of fused-ring (bicyclic) bond motifs is 1. The van der Waals surface area contributed by atoms with Gasteiger partial charge >= 0.3 is 6.09 Å². The number of carbonyl (C=O) groups is 1. The Morgan fingerprint density at radius 2 is 2.52 bits per heavy atom. The minimum absolute atomic E-state index is 0.0252. The first-order chi connectivity index (χ1) is 15.2. The minimum Gasteiger partial charge on any atom is -0.447 e. The van der Waals surface area contributed by atoms with E-state index in [9.17, 15) is 4.79 Å². The van der Waals surface area contributed by atoms with Gasteiger partial charge in [0, 0.05) is 37.4 Å². The molecule has 1 aliphatic heterocycles. The van der Waals surface area contributed by atoms with Crippen molar-refractivity contribution in [2.24, 2.45) is 0 Å². The van der Waals surface area contributed by atoms with E-state index in [1.807, 2.05) is 0 Å². The van der Waals surface area contributed by atoms with E-state index in [4.69, 9.17) is 17.9 Å². The first-order valence-electron chi connectivity index (χ1n) is 12.5. The predicted octanol–water partition coefficient (Wildman–Crippen LogP) is 1.92. The van der Waals surface area contributed by atoms with Gasteiger partial charge in [-0.2, -0.15) is 0 Å². The van der Waals surface area contributed by atoms with Crippen LogP contribution in [0.1, 0.15) is 26.2 Å². The molecule has 1 atom stereocenters. The summed E-state index contributed by atoms with van der Waals surface area (Å²) in [6.45, 7) is -8.11. The number of aromatic nitrogens is 1. The molecule has 0 radical (unpaired) electrons. The van der Waals surface area contributed by atoms with E-state index in [1.165, 1.54) is 12.1 Å². The highest BCUT2D eigenvalue weighted by Gasteiger charge is 2.22. The number of amides is 1. The number of likely N-dealkylation sites (N-methyl/N-ethyl adjacent to an activating group) is 1. The Bertz CT molecular complexity index is 1100. The molecule has 2 N–H and O–H groups in total. The maximum Gasteiger partial charge on any atom is 0.407 e. The third-order valence-electron chi connectivity index (χ3n) is 2.89. The SMILES string of the molecule is [2H]N1C(=O)OC[C@]1([2H])C([2H])([2H])c1ccc2c(c1)c(C([2H])([2H])CN(C([2H])([2H])[2H])C([2H])([2H])[2H])cn2[2H]. The van der Waals surface area contributed by atoms with Crippen LogP contribution >= 0.6 is 0 Å². The fourth-order valence-corrected chi connectivity index (χ4v) is 1.99. The molecule has 5 nitrogen and oxygen atoms in total. The third kappa shape index (κ3) is 3.19. The average molecular weight is 300 g/mol. The van der Waals surface area contributed by atoms with Gasteiger partial charge in [0.2, 0.25) is 0 Å². The fourth-order valence-electron chi connectivity index (χ4n) is 1.99. The number of aromatic amines is 1. The monoisotopic (exact) mass is 300 g/mol. The van der Waals surface area contributed by atoms with Gasteiger partial charge in [0.15, 0.2) is 2.82 Å². The van der Waals surface area contributed by atoms with E-state index in [0.29, 0.717) is 0 Å². The Morgan fingerprint density at radius 1 is 1.62 bits per heavy atom. The average Bonchev–Trinajstić information content (AvgIpc) is 3.17. The van der Waals surface area contributed by atoms with Gasteiger partial charge in [-0.3, -0.25) is 0 Å². The Morgan fingerprint density at radius 3 is 3.29 bits per heavy atom. The van der Waals surface area contributed by atoms with Crippen LogP contribution in [0, 0.1) is 0 Å². The summed E-state index contributed by atoms with van der Waals surface area (Å²) in [7, 11) is 0. The third-order valence-corrected chi connectivity index (χ3v) is 2.89. The molecular formula is C16H21N3O2. The quantitative estimate of drug-likeness (QED) is 0.887. The molecule has 0 saturated carbocycles. The topological polar surface area (TPSA) is 57.4 Å². The second-order valence-corrected chi connectivity index (χ2v) is 4.40. The summed E-state index contributed by atoms with van der Waals surface area (Å²) < 4.78 is 107. The van der Waals surface area contributed by atoms with Gasteiger partial charge < -0.3 is 19.9 Å². The van der Waals surface area contributed by atoms with Crippen molar-refractivity contribution in [2.45, 2.75) is 18.8 Å². The van der Waals surface area contributed by atoms with Gasteiger partial charge in [-0.1, -0.05) is 6.07 Å². The number of hydrogen-bond acceptors (Lipinski definition) is 3. The molecule has 1 saturated heterocycles. The molecule has 3 rings (SSSR count). The minimum atomic E-state index is -3.15. The van der Waals surface area contributed by atoms with E-state index in [-0.39, 0.29) is 32.2 Å². The Hall–Kier alpha value is -2.01. The first kappa shape index (κ1) is 5.32. The van der Waals surface area contributed by atoms with Crippen molar-refractivity contribution in [1.29, 1.82) is 0 Å². The maximum absolute atomic E-state index is 11.6. The predicted molar refractivity (Wildman–Crippen MR) is 82.5 cm³/mol. The van der Waals surface area contributed by atoms with Crippen LogP contribution < -0.4 is 5.31 Å². The summed E-state index contributed by atoms with van der Waals surface area (Å²) in [5.74, 6) is 0. The van der Waals surface area contributed by atoms with Crippen molar-refractivity contribution < 1.29 is 27.4 Å². The lowest BCUT2D eigenvalue weighted by atomic mass is 10.0. The Balaban J connectivity index is 2.12. The smallest absolute Gasteiger partial charge is 0.407 e. The maximum atomic E-state index is 11.6. The molecule has 2 aromatic rings. The number of nitrogens with zero attached hydrogens (tertiary/aromatic N) is 1. The molecule has 0 aliphatic carbocycles. The van der Waals surface area contributed by atoms with Crippen LogP contribution in [0.4, 0.5) is 4.79 Å². The second-order valence-electron chi connectivity index (χ2n) is 4.40. The van der Waals surface area contributed by atoms with Crippen molar-refractivity contribution >= 4 is 17.0 Å². The lowest BCUT2D eigenvalue weighted by Gasteiger charge is -2.09. The van der Waals surface area contributed by atoms with Crippen molar-refractivity contribution in [1.82, 2.24) is 15.2 Å². The fraction of sp³-hybridized carbons (Fsp3) is 0.438. The highest BCUT2D eigenvalue weighted by molar-refractivity contribution is 5.84. The standard InChI is InChI=1S/C16H21N3O2/c1-19(2)6-5-12-9-17-15-4-3-11(8-14(12)15)7-13-10-21-16(20)18-13/h3-4,8-9,13,17H,5-7,10H2,1-2H3,(H,18,20)/t13-/m0/s1/i1D3,2D3,5D2,7D2,13D/hD2. The normalized spacial score (nSPS) is 33.9. The molecule has 1 amide bonds. The Kier molecular flexibility index (Phi) is 1.46. The summed E-state index contributed by atoms with van der Waals surface area (Å²) in [5.41, 5.74) is -0.389. The van der Waals surface area contributed by atoms with E-state index < -0.39 is 52.0 Å². The number of benzene rings is 1. The van der Waals surface area contributed by atoms with Gasteiger partial charge in [0.25, 0.3) is 0 Å². The summed E-state index contributed by atoms with van der Waals surface area (Å²) in [4.78, 5) is 12.4. The van der Waals surface area contributed by atoms with E-state index in [0.717, 1.165) is 17.2 Å². The summed E-state index contributed by atoms with van der Waals surface area (Å²) in [6.07, 6.45) is -5.46. The van der Waals surface area contributed by atoms with Crippen molar-refractivity contribution in [3.8, 4) is 0 Å². The van der Waals surface area contributed by atoms with Gasteiger partial charge in [-0.15, -0.1) is 0 Å². The van der Waals surface area contributed by atoms with Gasteiger partial charge in [0.1, 0.15) is 6.61 Å². The second kappa shape index (κ2) is 5.77. The lowest BCUT2D eigenvalue weighted by molar-refractivity contribution is 0.177. The summed E-state index contributed by atoms with van der Waals surface area (Å²) in [6, 6.07) is 1.17. The lowest BCUT2D eigenvalue weighted by Crippen LogP contribution is -2.28. The molecule has 1 aromatic heterocycles. The van der Waals surface area contributed by atoms with Crippen molar-refractivity contribution in [3.05, 3.63) is 35.5 Å². The van der Waals surface area contributed by atoms with E-state index >= 15 is 0 Å². The Labute approximate surface area is 142 Å². The van der Waals surface area contributed by atoms with Gasteiger partial charge in [-0.25, -0.2) is 4.79 Å². The summed E-state index contributed by atoms with van der Waals surface area (Å²) >= 11 is 0. The zero-order valence-corrected chi connectivity index (χ0v) is 10.9. The van der Waals surface area contributed by atoms with Gasteiger partial charge in [-0.05, 0) is 50.0 Å². The molecule has 2 heterocycles. The number of alkyl carbamates (subject to hydrolysis) is 1.